The molecule has 4 aromatic heterocycles. The fourth-order valence-electron chi connectivity index (χ4n) is 6.83. The summed E-state index contributed by atoms with van der Waals surface area (Å²) in [7, 11) is 0. The number of benzene rings is 5. The monoisotopic (exact) mass is 645 g/mol. The zero-order valence-electron chi connectivity index (χ0n) is 26.7. The van der Waals surface area contributed by atoms with Gasteiger partial charge < -0.3 is 8.83 Å². The highest BCUT2D eigenvalue weighted by Gasteiger charge is 2.27. The van der Waals surface area contributed by atoms with Crippen molar-refractivity contribution in [3.63, 3.8) is 0 Å². The number of rotatable bonds is 5. The Labute approximate surface area is 286 Å². The summed E-state index contributed by atoms with van der Waals surface area (Å²) in [5.41, 5.74) is 8.75. The molecule has 0 bridgehead atoms. The van der Waals surface area contributed by atoms with Crippen LogP contribution in [0, 0.1) is 0 Å². The Kier molecular flexibility index (Phi) is 6.48. The minimum atomic E-state index is -0.0681. The smallest absolute Gasteiger partial charge is 0.176 e. The SMILES string of the molecule is C1=CC(c2nc(-c3ccccc3)nc3c2oc2ccccc23)Cc2oc3ccc(-c4nc(-c5ccccc5)nc(-c5ccccc5)n4)cc3c21. The van der Waals surface area contributed by atoms with E-state index in [0.717, 1.165) is 66.7 Å². The van der Waals surface area contributed by atoms with Gasteiger partial charge in [-0.15, -0.1) is 0 Å². The molecule has 0 amide bonds. The topological polar surface area (TPSA) is 90.7 Å². The van der Waals surface area contributed by atoms with Crippen LogP contribution in [0.4, 0.5) is 0 Å². The van der Waals surface area contributed by atoms with Crippen molar-refractivity contribution >= 4 is 39.1 Å². The number of furan rings is 2. The second-order valence-corrected chi connectivity index (χ2v) is 12.4. The molecule has 1 atom stereocenters. The van der Waals surface area contributed by atoms with Crippen LogP contribution < -0.4 is 0 Å². The molecule has 0 radical (unpaired) electrons. The summed E-state index contributed by atoms with van der Waals surface area (Å²) in [6.07, 6.45) is 4.99. The van der Waals surface area contributed by atoms with Crippen LogP contribution in [0.1, 0.15) is 22.9 Å². The van der Waals surface area contributed by atoms with E-state index in [9.17, 15) is 0 Å². The Morgan fingerprint density at radius 2 is 1.04 bits per heavy atom. The summed E-state index contributed by atoms with van der Waals surface area (Å²) < 4.78 is 12.9. The highest BCUT2D eigenvalue weighted by atomic mass is 16.3. The van der Waals surface area contributed by atoms with Gasteiger partial charge in [-0.1, -0.05) is 115 Å². The average molecular weight is 646 g/mol. The van der Waals surface area contributed by atoms with E-state index in [-0.39, 0.29) is 5.92 Å². The van der Waals surface area contributed by atoms with Crippen molar-refractivity contribution < 1.29 is 8.83 Å². The van der Waals surface area contributed by atoms with Crippen molar-refractivity contribution in [3.8, 4) is 45.6 Å². The molecule has 5 aromatic carbocycles. The summed E-state index contributed by atoms with van der Waals surface area (Å²) in [6.45, 7) is 0. The summed E-state index contributed by atoms with van der Waals surface area (Å²) >= 11 is 0. The molecule has 0 aliphatic heterocycles. The quantitative estimate of drug-likeness (QED) is 0.184. The highest BCUT2D eigenvalue weighted by Crippen LogP contribution is 2.41. The zero-order chi connectivity index (χ0) is 33.0. The lowest BCUT2D eigenvalue weighted by molar-refractivity contribution is 0.529. The predicted molar refractivity (Wildman–Crippen MR) is 196 cm³/mol. The van der Waals surface area contributed by atoms with E-state index in [1.807, 2.05) is 121 Å². The van der Waals surface area contributed by atoms with Gasteiger partial charge >= 0.3 is 0 Å². The second-order valence-electron chi connectivity index (χ2n) is 12.4. The number of fused-ring (bicyclic) bond motifs is 6. The second kappa shape index (κ2) is 11.5. The van der Waals surface area contributed by atoms with Gasteiger partial charge in [0.1, 0.15) is 22.4 Å². The Hall–Kier alpha value is -6.73. The fourth-order valence-corrected chi connectivity index (χ4v) is 6.83. The molecular weight excluding hydrogens is 619 g/mol. The lowest BCUT2D eigenvalue weighted by Gasteiger charge is -2.16. The first kappa shape index (κ1) is 28.3. The van der Waals surface area contributed by atoms with Crippen LogP contribution in [0.25, 0.3) is 84.7 Å². The molecule has 4 heterocycles. The fraction of sp³-hybridized carbons (Fsp3) is 0.0465. The van der Waals surface area contributed by atoms with Gasteiger partial charge in [0, 0.05) is 50.9 Å². The van der Waals surface area contributed by atoms with Gasteiger partial charge in [-0.25, -0.2) is 24.9 Å². The van der Waals surface area contributed by atoms with Crippen molar-refractivity contribution in [2.24, 2.45) is 0 Å². The first-order valence-electron chi connectivity index (χ1n) is 16.6. The molecule has 9 aromatic rings. The number of para-hydroxylation sites is 1. The molecule has 0 saturated carbocycles. The van der Waals surface area contributed by atoms with Crippen LogP contribution in [-0.4, -0.2) is 24.9 Å². The molecule has 0 saturated heterocycles. The largest absolute Gasteiger partial charge is 0.460 e. The third kappa shape index (κ3) is 4.78. The maximum Gasteiger partial charge on any atom is 0.176 e. The minimum Gasteiger partial charge on any atom is -0.460 e. The van der Waals surface area contributed by atoms with Gasteiger partial charge in [0.05, 0.1) is 5.69 Å². The number of allylic oxidation sites excluding steroid dienone is 1. The Morgan fingerprint density at radius 3 is 1.70 bits per heavy atom. The van der Waals surface area contributed by atoms with Crippen molar-refractivity contribution in [2.45, 2.75) is 12.3 Å². The maximum absolute atomic E-state index is 6.53. The third-order valence-electron chi connectivity index (χ3n) is 9.29. The lowest BCUT2D eigenvalue weighted by Crippen LogP contribution is -2.08. The molecular formula is C43H27N5O2. The van der Waals surface area contributed by atoms with Crippen molar-refractivity contribution in [2.75, 3.05) is 0 Å². The molecule has 0 N–H and O–H groups in total. The van der Waals surface area contributed by atoms with Gasteiger partial charge in [0.25, 0.3) is 0 Å². The maximum atomic E-state index is 6.53. The van der Waals surface area contributed by atoms with Gasteiger partial charge in [0.2, 0.25) is 0 Å². The van der Waals surface area contributed by atoms with E-state index in [0.29, 0.717) is 35.3 Å². The average Bonchev–Trinajstić information content (AvgIpc) is 3.76. The van der Waals surface area contributed by atoms with Crippen LogP contribution in [0.15, 0.2) is 148 Å². The summed E-state index contributed by atoms with van der Waals surface area (Å²) in [4.78, 5) is 24.8. The van der Waals surface area contributed by atoms with Gasteiger partial charge in [-0.3, -0.25) is 0 Å². The molecule has 10 rings (SSSR count). The summed E-state index contributed by atoms with van der Waals surface area (Å²) in [6, 6.07) is 44.3. The van der Waals surface area contributed by atoms with E-state index < -0.39 is 0 Å². The Bertz CT molecular complexity index is 2680. The van der Waals surface area contributed by atoms with E-state index in [1.165, 1.54) is 0 Å². The van der Waals surface area contributed by atoms with E-state index in [1.54, 1.807) is 0 Å². The molecule has 1 unspecified atom stereocenters. The Morgan fingerprint density at radius 1 is 0.480 bits per heavy atom. The van der Waals surface area contributed by atoms with Crippen molar-refractivity contribution in [3.05, 3.63) is 157 Å². The number of nitrogens with zero attached hydrogens (tertiary/aromatic N) is 5. The molecule has 7 nitrogen and oxygen atoms in total. The third-order valence-corrected chi connectivity index (χ3v) is 9.29. The summed E-state index contributed by atoms with van der Waals surface area (Å²) in [5.74, 6) is 3.37. The molecule has 1 aliphatic carbocycles. The minimum absolute atomic E-state index is 0.0681. The number of hydrogen-bond donors (Lipinski definition) is 0. The van der Waals surface area contributed by atoms with Crippen LogP contribution in [-0.2, 0) is 6.42 Å². The van der Waals surface area contributed by atoms with Gasteiger partial charge in [0.15, 0.2) is 28.9 Å². The number of hydrogen-bond acceptors (Lipinski definition) is 7. The van der Waals surface area contributed by atoms with Gasteiger partial charge in [-0.05, 0) is 30.3 Å². The van der Waals surface area contributed by atoms with Crippen molar-refractivity contribution in [1.29, 1.82) is 0 Å². The lowest BCUT2D eigenvalue weighted by atomic mass is 9.90. The van der Waals surface area contributed by atoms with E-state index in [4.69, 9.17) is 33.8 Å². The van der Waals surface area contributed by atoms with E-state index >= 15 is 0 Å². The summed E-state index contributed by atoms with van der Waals surface area (Å²) in [5, 5.41) is 1.99. The van der Waals surface area contributed by atoms with E-state index in [2.05, 4.69) is 24.3 Å². The molecule has 0 fully saturated rings. The van der Waals surface area contributed by atoms with Crippen LogP contribution >= 0.6 is 0 Å². The van der Waals surface area contributed by atoms with Crippen LogP contribution in [0.3, 0.4) is 0 Å². The highest BCUT2D eigenvalue weighted by molar-refractivity contribution is 6.04. The predicted octanol–water partition coefficient (Wildman–Crippen LogP) is 10.3. The first-order valence-corrected chi connectivity index (χ1v) is 16.6. The van der Waals surface area contributed by atoms with Crippen molar-refractivity contribution in [1.82, 2.24) is 24.9 Å². The normalized spacial score (nSPS) is 14.0. The van der Waals surface area contributed by atoms with Gasteiger partial charge in [-0.2, -0.15) is 0 Å². The molecule has 7 heteroatoms. The van der Waals surface area contributed by atoms with Crippen LogP contribution in [0.2, 0.25) is 0 Å². The Balaban J connectivity index is 1.07. The zero-order valence-corrected chi connectivity index (χ0v) is 26.7. The number of aromatic nitrogens is 5. The molecule has 236 valence electrons. The molecule has 50 heavy (non-hydrogen) atoms. The standard InChI is InChI=1S/C43H27N5O2/c1-4-12-26(13-5-1)40-44-37(39-38(45-40)32-18-10-11-19-34(32)50-39)29-20-22-31-33-24-30(21-23-35(33)49-36(31)25-29)43-47-41(27-14-6-2-7-15-27)46-42(48-43)28-16-8-3-9-17-28/h1-24,29H,25H2. The molecule has 0 spiro atoms. The first-order chi connectivity index (χ1) is 24.7. The van der Waals surface area contributed by atoms with Crippen LogP contribution in [0.5, 0.6) is 0 Å². The molecule has 1 aliphatic rings.